The molecule has 2 aromatic rings. The molecule has 0 saturated carbocycles. The van der Waals surface area contributed by atoms with Crippen molar-refractivity contribution in [2.75, 3.05) is 0 Å². The molecule has 90 valence electrons. The van der Waals surface area contributed by atoms with Crippen molar-refractivity contribution in [2.45, 2.75) is 30.5 Å². The van der Waals surface area contributed by atoms with Gasteiger partial charge in [0.05, 0.1) is 11.8 Å². The Bertz CT molecular complexity index is 493. The lowest BCUT2D eigenvalue weighted by atomic mass is 10.2. The van der Waals surface area contributed by atoms with Crippen LogP contribution >= 0.6 is 11.8 Å². The van der Waals surface area contributed by atoms with E-state index in [0.717, 1.165) is 11.6 Å². The molecule has 1 aromatic carbocycles. The smallest absolute Gasteiger partial charge is 0.167 e. The van der Waals surface area contributed by atoms with Crippen molar-refractivity contribution < 1.29 is 0 Å². The van der Waals surface area contributed by atoms with Crippen LogP contribution in [0.4, 0.5) is 0 Å². The van der Waals surface area contributed by atoms with Crippen LogP contribution in [0.2, 0.25) is 0 Å². The SMILES string of the molecule is Cc1ccccc1SCc1nc(C(C)N)n[nH]1. The number of nitrogens with zero attached hydrogens (tertiary/aromatic N) is 2. The minimum absolute atomic E-state index is 0.122. The van der Waals surface area contributed by atoms with Gasteiger partial charge < -0.3 is 5.73 Å². The number of nitrogens with one attached hydrogen (secondary N) is 1. The van der Waals surface area contributed by atoms with Crippen LogP contribution in [0, 0.1) is 6.92 Å². The van der Waals surface area contributed by atoms with Gasteiger partial charge in [0.1, 0.15) is 5.82 Å². The summed E-state index contributed by atoms with van der Waals surface area (Å²) in [5.41, 5.74) is 6.99. The number of thioether (sulfide) groups is 1. The molecule has 0 spiro atoms. The highest BCUT2D eigenvalue weighted by atomic mass is 32.2. The minimum Gasteiger partial charge on any atom is -0.321 e. The van der Waals surface area contributed by atoms with Gasteiger partial charge in [-0.05, 0) is 25.5 Å². The first-order chi connectivity index (χ1) is 8.16. The van der Waals surface area contributed by atoms with Crippen LogP contribution in [0.25, 0.3) is 0 Å². The summed E-state index contributed by atoms with van der Waals surface area (Å²) in [5, 5.41) is 6.99. The predicted octanol–water partition coefficient (Wildman–Crippen LogP) is 2.43. The Morgan fingerprint density at radius 3 is 2.82 bits per heavy atom. The fourth-order valence-corrected chi connectivity index (χ4v) is 2.33. The molecule has 1 aromatic heterocycles. The molecule has 1 unspecified atom stereocenters. The Morgan fingerprint density at radius 2 is 2.18 bits per heavy atom. The van der Waals surface area contributed by atoms with Crippen molar-refractivity contribution in [2.24, 2.45) is 5.73 Å². The number of hydrogen-bond donors (Lipinski definition) is 2. The average molecular weight is 248 g/mol. The van der Waals surface area contributed by atoms with Crippen molar-refractivity contribution in [3.8, 4) is 0 Å². The first-order valence-corrected chi connectivity index (χ1v) is 6.50. The summed E-state index contributed by atoms with van der Waals surface area (Å²) < 4.78 is 0. The molecule has 0 amide bonds. The number of benzene rings is 1. The summed E-state index contributed by atoms with van der Waals surface area (Å²) in [4.78, 5) is 5.61. The Morgan fingerprint density at radius 1 is 1.41 bits per heavy atom. The van der Waals surface area contributed by atoms with E-state index < -0.39 is 0 Å². The molecule has 2 rings (SSSR count). The van der Waals surface area contributed by atoms with Gasteiger partial charge >= 0.3 is 0 Å². The van der Waals surface area contributed by atoms with Crippen LogP contribution in [-0.4, -0.2) is 15.2 Å². The lowest BCUT2D eigenvalue weighted by Gasteiger charge is -2.02. The number of aromatic amines is 1. The number of rotatable bonds is 4. The van der Waals surface area contributed by atoms with Gasteiger partial charge in [-0.3, -0.25) is 5.10 Å². The number of hydrogen-bond acceptors (Lipinski definition) is 4. The van der Waals surface area contributed by atoms with E-state index in [-0.39, 0.29) is 6.04 Å². The van der Waals surface area contributed by atoms with Crippen LogP contribution in [0.15, 0.2) is 29.2 Å². The molecule has 1 atom stereocenters. The molecule has 0 fully saturated rings. The van der Waals surface area contributed by atoms with Crippen molar-refractivity contribution in [1.29, 1.82) is 0 Å². The third-order valence-electron chi connectivity index (χ3n) is 2.41. The highest BCUT2D eigenvalue weighted by Crippen LogP contribution is 2.24. The molecular formula is C12H16N4S. The molecule has 0 saturated heterocycles. The van der Waals surface area contributed by atoms with Crippen LogP contribution in [0.5, 0.6) is 0 Å². The summed E-state index contributed by atoms with van der Waals surface area (Å²) in [6, 6.07) is 8.19. The maximum Gasteiger partial charge on any atom is 0.167 e. The Kier molecular flexibility index (Phi) is 3.81. The highest BCUT2D eigenvalue weighted by molar-refractivity contribution is 7.98. The zero-order chi connectivity index (χ0) is 12.3. The van der Waals surface area contributed by atoms with E-state index >= 15 is 0 Å². The van der Waals surface area contributed by atoms with E-state index in [0.29, 0.717) is 5.82 Å². The van der Waals surface area contributed by atoms with Gasteiger partial charge in [-0.25, -0.2) is 4.98 Å². The van der Waals surface area contributed by atoms with Crippen LogP contribution in [0.1, 0.15) is 30.2 Å². The van der Waals surface area contributed by atoms with E-state index in [1.54, 1.807) is 11.8 Å². The fourth-order valence-electron chi connectivity index (χ4n) is 1.44. The molecule has 3 N–H and O–H groups in total. The van der Waals surface area contributed by atoms with Crippen LogP contribution in [-0.2, 0) is 5.75 Å². The number of nitrogens with two attached hydrogens (primary N) is 1. The standard InChI is InChI=1S/C12H16N4S/c1-8-5-3-4-6-10(8)17-7-11-14-12(9(2)13)16-15-11/h3-6,9H,7,13H2,1-2H3,(H,14,15,16). The van der Waals surface area contributed by atoms with Gasteiger partial charge in [0.15, 0.2) is 5.82 Å². The lowest BCUT2D eigenvalue weighted by molar-refractivity contribution is 0.745. The van der Waals surface area contributed by atoms with Gasteiger partial charge in [-0.15, -0.1) is 11.8 Å². The molecule has 0 aliphatic rings. The highest BCUT2D eigenvalue weighted by Gasteiger charge is 2.07. The van der Waals surface area contributed by atoms with Gasteiger partial charge in [-0.1, -0.05) is 18.2 Å². The fraction of sp³-hybridized carbons (Fsp3) is 0.333. The summed E-state index contributed by atoms with van der Waals surface area (Å²) in [5.74, 6) is 2.32. The molecule has 4 nitrogen and oxygen atoms in total. The second kappa shape index (κ2) is 5.33. The second-order valence-corrected chi connectivity index (χ2v) is 5.00. The minimum atomic E-state index is -0.122. The lowest BCUT2D eigenvalue weighted by Crippen LogP contribution is -2.06. The quantitative estimate of drug-likeness (QED) is 0.815. The summed E-state index contributed by atoms with van der Waals surface area (Å²) >= 11 is 1.75. The van der Waals surface area contributed by atoms with Crippen molar-refractivity contribution >= 4 is 11.8 Å². The summed E-state index contributed by atoms with van der Waals surface area (Å²) in [6.07, 6.45) is 0. The van der Waals surface area contributed by atoms with Gasteiger partial charge in [0.2, 0.25) is 0 Å². The topological polar surface area (TPSA) is 67.6 Å². The molecule has 17 heavy (non-hydrogen) atoms. The van der Waals surface area contributed by atoms with Crippen molar-refractivity contribution in [3.63, 3.8) is 0 Å². The molecule has 0 aliphatic carbocycles. The van der Waals surface area contributed by atoms with E-state index in [9.17, 15) is 0 Å². The average Bonchev–Trinajstić information content (AvgIpc) is 2.77. The summed E-state index contributed by atoms with van der Waals surface area (Å²) in [7, 11) is 0. The molecule has 5 heteroatoms. The van der Waals surface area contributed by atoms with Gasteiger partial charge in [-0.2, -0.15) is 5.10 Å². The van der Waals surface area contributed by atoms with Gasteiger partial charge in [0.25, 0.3) is 0 Å². The maximum absolute atomic E-state index is 5.71. The maximum atomic E-state index is 5.71. The zero-order valence-electron chi connectivity index (χ0n) is 9.97. The number of aryl methyl sites for hydroxylation is 1. The Balaban J connectivity index is 2.00. The second-order valence-electron chi connectivity index (χ2n) is 3.98. The van der Waals surface area contributed by atoms with Crippen molar-refractivity contribution in [3.05, 3.63) is 41.5 Å². The van der Waals surface area contributed by atoms with Crippen LogP contribution < -0.4 is 5.73 Å². The third kappa shape index (κ3) is 3.08. The zero-order valence-corrected chi connectivity index (χ0v) is 10.8. The molecule has 0 aliphatic heterocycles. The third-order valence-corrected chi connectivity index (χ3v) is 3.60. The molecular weight excluding hydrogens is 232 g/mol. The monoisotopic (exact) mass is 248 g/mol. The number of aromatic nitrogens is 3. The largest absolute Gasteiger partial charge is 0.321 e. The summed E-state index contributed by atoms with van der Waals surface area (Å²) in [6.45, 7) is 3.98. The molecule has 0 radical (unpaired) electrons. The predicted molar refractivity (Wildman–Crippen MR) is 69.7 cm³/mol. The Labute approximate surface area is 105 Å². The van der Waals surface area contributed by atoms with Gasteiger partial charge in [0, 0.05) is 4.90 Å². The van der Waals surface area contributed by atoms with Crippen LogP contribution in [0.3, 0.4) is 0 Å². The number of H-pyrrole nitrogens is 1. The van der Waals surface area contributed by atoms with E-state index in [2.05, 4.69) is 34.2 Å². The van der Waals surface area contributed by atoms with E-state index in [1.807, 2.05) is 19.1 Å². The van der Waals surface area contributed by atoms with E-state index in [4.69, 9.17) is 5.73 Å². The molecule has 0 bridgehead atoms. The van der Waals surface area contributed by atoms with Crippen molar-refractivity contribution in [1.82, 2.24) is 15.2 Å². The first kappa shape index (κ1) is 12.1. The Hall–Kier alpha value is -1.33. The normalized spacial score (nSPS) is 12.6. The molecule has 1 heterocycles. The first-order valence-electron chi connectivity index (χ1n) is 5.52. The van der Waals surface area contributed by atoms with E-state index in [1.165, 1.54) is 10.5 Å².